The fourth-order valence-corrected chi connectivity index (χ4v) is 6.57. The fraction of sp³-hybridized carbons (Fsp3) is 0. The summed E-state index contributed by atoms with van der Waals surface area (Å²) in [5, 5.41) is -2.25. The van der Waals surface area contributed by atoms with Crippen LogP contribution in [0.15, 0.2) is 163 Å². The molecule has 7 heteroatoms. The van der Waals surface area contributed by atoms with E-state index in [-0.39, 0.29) is 33.1 Å². The molecule has 4 aromatic heterocycles. The lowest BCUT2D eigenvalue weighted by molar-refractivity contribution is 0.892. The van der Waals surface area contributed by atoms with Crippen LogP contribution in [-0.2, 0) is 0 Å². The minimum absolute atomic E-state index is 0.139. The zero-order valence-electron chi connectivity index (χ0n) is 49.4. The molecule has 11 rings (SSSR count). The monoisotopic (exact) mass is 700 g/mol. The van der Waals surface area contributed by atoms with Crippen molar-refractivity contribution < 1.29 is 31.5 Å². The molecule has 0 aliphatic carbocycles. The maximum Gasteiger partial charge on any atom is 0.240 e. The SMILES string of the molecule is [2H]c1c([2H])c([2H])c2c(c1[2H])c1c([2H])c([2H])c([2H])c([2H])c1n2-c1nc(-c2ccccc2-n2c3c([2H])c([2H])c([2H])c([2H])c3c3c([2H])c([2H])c([2H])c([2H])c32)nc(-n2c3c([2H])c([2H])c([2H])c([2H])c3c3c([2H])c([2H])c([N+]#[C-])c([2H])c32)n1. The van der Waals surface area contributed by atoms with Crippen LogP contribution in [0.3, 0.4) is 0 Å². The van der Waals surface area contributed by atoms with Gasteiger partial charge in [-0.25, -0.2) is 4.85 Å². The summed E-state index contributed by atoms with van der Waals surface area (Å²) in [6.45, 7) is 7.93. The highest BCUT2D eigenvalue weighted by Crippen LogP contribution is 2.38. The van der Waals surface area contributed by atoms with Crippen molar-refractivity contribution in [2.75, 3.05) is 0 Å². The maximum atomic E-state index is 9.36. The average Bonchev–Trinajstić information content (AvgIpc) is 4.31. The zero-order chi connectivity index (χ0) is 55.1. The van der Waals surface area contributed by atoms with Gasteiger partial charge in [-0.3, -0.25) is 9.13 Å². The quantitative estimate of drug-likeness (QED) is 0.172. The van der Waals surface area contributed by atoms with E-state index in [1.54, 1.807) is 0 Å². The number of fused-ring (bicyclic) bond motifs is 9. The van der Waals surface area contributed by atoms with Crippen molar-refractivity contribution in [3.05, 3.63) is 175 Å². The summed E-state index contributed by atoms with van der Waals surface area (Å²) in [4.78, 5) is 17.6. The summed E-state index contributed by atoms with van der Waals surface area (Å²) in [7, 11) is 0. The molecule has 0 radical (unpaired) electrons. The van der Waals surface area contributed by atoms with Gasteiger partial charge in [0.1, 0.15) is 0 Å². The van der Waals surface area contributed by atoms with E-state index in [2.05, 4.69) is 4.85 Å². The van der Waals surface area contributed by atoms with E-state index < -0.39 is 206 Å². The lowest BCUT2D eigenvalue weighted by Gasteiger charge is -2.16. The summed E-state index contributed by atoms with van der Waals surface area (Å²) >= 11 is 0. The number of rotatable bonds is 4. The molecule has 7 aromatic carbocycles. The van der Waals surface area contributed by atoms with Crippen molar-refractivity contribution in [3.8, 4) is 29.0 Å². The molecule has 4 heterocycles. The molecule has 0 spiro atoms. The van der Waals surface area contributed by atoms with Gasteiger partial charge in [0.2, 0.25) is 11.9 Å². The Morgan fingerprint density at radius 2 is 0.868 bits per heavy atom. The van der Waals surface area contributed by atoms with Crippen LogP contribution in [0, 0.1) is 6.57 Å². The third-order valence-corrected chi connectivity index (χ3v) is 8.72. The molecule has 0 bridgehead atoms. The first-order chi connectivity index (χ1) is 35.8. The molecule has 11 aromatic rings. The van der Waals surface area contributed by atoms with Gasteiger partial charge >= 0.3 is 0 Å². The van der Waals surface area contributed by atoms with Gasteiger partial charge in [0.25, 0.3) is 0 Å². The van der Waals surface area contributed by atoms with Gasteiger partial charge in [0, 0.05) is 44.8 Å². The van der Waals surface area contributed by atoms with Crippen LogP contribution in [0.4, 0.5) is 5.69 Å². The number of nitrogens with zero attached hydrogens (tertiary/aromatic N) is 7. The smallest absolute Gasteiger partial charge is 0.240 e. The Morgan fingerprint density at radius 3 is 1.36 bits per heavy atom. The summed E-state index contributed by atoms with van der Waals surface area (Å²) < 4.78 is 208. The standard InChI is InChI=1S/C46H27N7/c1-47-29-26-27-35-34-18-6-12-24-41(34)53(43(35)28-29)46-49-44(48-45(50-46)52-39-22-10-4-16-32(39)33-17-5-11-23-40(33)52)36-19-7-13-25-42(36)51-37-20-8-2-14-30(37)31-15-3-9-21-38(31)51/h2-28H/i2D,3D,4D,5D,6D,8D,9D,10D,11D,12D,14D,15D,16D,17D,18D,20D,21D,22D,23D,24D,26D,27D,28D. The van der Waals surface area contributed by atoms with Crippen molar-refractivity contribution in [2.45, 2.75) is 0 Å². The number of hydrogen-bond donors (Lipinski definition) is 0. The molecule has 0 unspecified atom stereocenters. The summed E-state index contributed by atoms with van der Waals surface area (Å²) in [6.07, 6.45) is 0. The molecule has 0 saturated heterocycles. The second kappa shape index (κ2) is 11.2. The Kier molecular flexibility index (Phi) is 3.09. The third kappa shape index (κ3) is 4.24. The fourth-order valence-electron chi connectivity index (χ4n) is 6.57. The van der Waals surface area contributed by atoms with Crippen LogP contribution in [0.2, 0.25) is 0 Å². The summed E-state index contributed by atoms with van der Waals surface area (Å²) in [5.41, 5.74) is -3.64. The molecule has 0 saturated carbocycles. The van der Waals surface area contributed by atoms with Crippen LogP contribution in [-0.4, -0.2) is 28.7 Å². The van der Waals surface area contributed by atoms with Gasteiger partial charge in [-0.05, 0) is 48.4 Å². The van der Waals surface area contributed by atoms with Gasteiger partial charge < -0.3 is 4.57 Å². The molecular formula is C46H27N7. The predicted octanol–water partition coefficient (Wildman–Crippen LogP) is 11.4. The van der Waals surface area contributed by atoms with Crippen molar-refractivity contribution >= 4 is 71.1 Å². The predicted molar refractivity (Wildman–Crippen MR) is 215 cm³/mol. The van der Waals surface area contributed by atoms with E-state index in [0.29, 0.717) is 0 Å². The molecule has 0 fully saturated rings. The normalized spacial score (nSPS) is 17.8. The number of para-hydroxylation sites is 6. The molecular weight excluding hydrogens is 651 g/mol. The van der Waals surface area contributed by atoms with Crippen molar-refractivity contribution in [1.29, 1.82) is 0 Å². The Morgan fingerprint density at radius 1 is 0.453 bits per heavy atom. The van der Waals surface area contributed by atoms with Crippen LogP contribution in [0.1, 0.15) is 31.5 Å². The van der Waals surface area contributed by atoms with Gasteiger partial charge in [-0.2, -0.15) is 15.0 Å². The molecule has 246 valence electrons. The highest BCUT2D eigenvalue weighted by molar-refractivity contribution is 6.11. The van der Waals surface area contributed by atoms with E-state index in [0.717, 1.165) is 13.7 Å². The van der Waals surface area contributed by atoms with Gasteiger partial charge in [-0.1, -0.05) is 115 Å². The van der Waals surface area contributed by atoms with Crippen molar-refractivity contribution in [3.63, 3.8) is 0 Å². The van der Waals surface area contributed by atoms with Crippen LogP contribution >= 0.6 is 0 Å². The van der Waals surface area contributed by atoms with Crippen molar-refractivity contribution in [2.24, 2.45) is 0 Å². The topological polar surface area (TPSA) is 57.8 Å². The molecule has 0 aliphatic rings. The first kappa shape index (κ1) is 14.6. The third-order valence-electron chi connectivity index (χ3n) is 8.72. The van der Waals surface area contributed by atoms with E-state index in [1.165, 1.54) is 24.3 Å². The highest BCUT2D eigenvalue weighted by atomic mass is 15.3. The maximum absolute atomic E-state index is 9.36. The molecule has 7 nitrogen and oxygen atoms in total. The van der Waals surface area contributed by atoms with E-state index >= 15 is 0 Å². The summed E-state index contributed by atoms with van der Waals surface area (Å²) in [6, 6.07) is -11.6. The van der Waals surface area contributed by atoms with Crippen molar-refractivity contribution in [1.82, 2.24) is 28.7 Å². The second-order valence-electron chi connectivity index (χ2n) is 11.5. The Bertz CT molecular complexity index is 4490. The molecule has 0 amide bonds. The van der Waals surface area contributed by atoms with E-state index in [1.807, 2.05) is 0 Å². The molecule has 0 atom stereocenters. The Hall–Kier alpha value is -7.56. The van der Waals surface area contributed by atoms with Gasteiger partial charge in [-0.15, -0.1) is 0 Å². The van der Waals surface area contributed by atoms with Crippen LogP contribution < -0.4 is 0 Å². The van der Waals surface area contributed by atoms with Crippen LogP contribution in [0.25, 0.3) is 99.2 Å². The Labute approximate surface area is 335 Å². The molecule has 0 aliphatic heterocycles. The second-order valence-corrected chi connectivity index (χ2v) is 11.5. The number of hydrogen-bond acceptors (Lipinski definition) is 3. The summed E-state index contributed by atoms with van der Waals surface area (Å²) in [5.74, 6) is -1.96. The molecule has 53 heavy (non-hydrogen) atoms. The minimum Gasteiger partial charge on any atom is -0.309 e. The first-order valence-corrected chi connectivity index (χ1v) is 15.6. The molecule has 0 N–H and O–H groups in total. The first-order valence-electron chi connectivity index (χ1n) is 27.1. The van der Waals surface area contributed by atoms with E-state index in [9.17, 15) is 8.22 Å². The van der Waals surface area contributed by atoms with E-state index in [4.69, 9.17) is 44.8 Å². The number of benzene rings is 7. The lowest BCUT2D eigenvalue weighted by atomic mass is 10.1. The minimum atomic E-state index is -0.828. The van der Waals surface area contributed by atoms with Gasteiger partial charge in [0.15, 0.2) is 11.5 Å². The van der Waals surface area contributed by atoms with Gasteiger partial charge in [0.05, 0.1) is 70.0 Å². The largest absolute Gasteiger partial charge is 0.309 e. The highest BCUT2D eigenvalue weighted by Gasteiger charge is 2.23. The van der Waals surface area contributed by atoms with Crippen LogP contribution in [0.5, 0.6) is 0 Å². The zero-order valence-corrected chi connectivity index (χ0v) is 26.4. The average molecular weight is 701 g/mol. The Balaban J connectivity index is 1.42. The number of aromatic nitrogens is 6. The lowest BCUT2D eigenvalue weighted by Crippen LogP contribution is -2.11.